The standard InChI is InChI=1S/C25H23N3O4/c1-30-20-12-13-22(31-2)21(16-20)26-23(29)14-15-24-27-25(28-32-24)19-10-8-18(9-11-19)17-6-4-3-5-7-17/h3-13,16H,14-15H2,1-2H3,(H,26,29). The second-order valence-corrected chi connectivity index (χ2v) is 7.07. The van der Waals surface area contributed by atoms with Gasteiger partial charge in [-0.1, -0.05) is 59.8 Å². The molecule has 0 aliphatic carbocycles. The Morgan fingerprint density at radius 1 is 0.906 bits per heavy atom. The summed E-state index contributed by atoms with van der Waals surface area (Å²) in [5, 5.41) is 6.88. The lowest BCUT2D eigenvalue weighted by atomic mass is 10.0. The van der Waals surface area contributed by atoms with Crippen molar-refractivity contribution in [2.45, 2.75) is 12.8 Å². The van der Waals surface area contributed by atoms with Gasteiger partial charge in [-0.05, 0) is 23.3 Å². The fraction of sp³-hybridized carbons (Fsp3) is 0.160. The van der Waals surface area contributed by atoms with Crippen molar-refractivity contribution in [3.05, 3.63) is 78.7 Å². The van der Waals surface area contributed by atoms with E-state index in [-0.39, 0.29) is 12.3 Å². The van der Waals surface area contributed by atoms with Crippen molar-refractivity contribution in [1.29, 1.82) is 0 Å². The number of benzene rings is 3. The van der Waals surface area contributed by atoms with Gasteiger partial charge in [-0.3, -0.25) is 4.79 Å². The first kappa shape index (κ1) is 21.1. The van der Waals surface area contributed by atoms with Gasteiger partial charge in [0, 0.05) is 24.5 Å². The maximum Gasteiger partial charge on any atom is 0.227 e. The topological polar surface area (TPSA) is 86.5 Å². The number of ether oxygens (including phenoxy) is 2. The summed E-state index contributed by atoms with van der Waals surface area (Å²) in [5.74, 6) is 1.89. The lowest BCUT2D eigenvalue weighted by Crippen LogP contribution is -2.13. The molecule has 32 heavy (non-hydrogen) atoms. The number of nitrogens with zero attached hydrogens (tertiary/aromatic N) is 2. The molecule has 1 heterocycles. The van der Waals surface area contributed by atoms with Crippen molar-refractivity contribution in [2.75, 3.05) is 19.5 Å². The maximum atomic E-state index is 12.4. The molecule has 0 atom stereocenters. The minimum absolute atomic E-state index is 0.189. The van der Waals surface area contributed by atoms with Gasteiger partial charge in [0.25, 0.3) is 0 Å². The van der Waals surface area contributed by atoms with Crippen LogP contribution in [0.15, 0.2) is 77.3 Å². The van der Waals surface area contributed by atoms with Gasteiger partial charge in [-0.15, -0.1) is 0 Å². The molecule has 0 bridgehead atoms. The number of nitrogens with one attached hydrogen (secondary N) is 1. The molecule has 0 aliphatic rings. The minimum Gasteiger partial charge on any atom is -0.497 e. The van der Waals surface area contributed by atoms with Crippen LogP contribution < -0.4 is 14.8 Å². The molecule has 1 aromatic heterocycles. The first-order chi connectivity index (χ1) is 15.7. The average Bonchev–Trinajstić information content (AvgIpc) is 3.32. The molecule has 0 fully saturated rings. The predicted molar refractivity (Wildman–Crippen MR) is 122 cm³/mol. The van der Waals surface area contributed by atoms with Gasteiger partial charge in [0.05, 0.1) is 19.9 Å². The fourth-order valence-electron chi connectivity index (χ4n) is 3.26. The van der Waals surface area contributed by atoms with E-state index in [4.69, 9.17) is 14.0 Å². The second-order valence-electron chi connectivity index (χ2n) is 7.07. The average molecular weight is 429 g/mol. The molecule has 1 N–H and O–H groups in total. The molecule has 4 rings (SSSR count). The van der Waals surface area contributed by atoms with Crippen molar-refractivity contribution in [1.82, 2.24) is 10.1 Å². The monoisotopic (exact) mass is 429 g/mol. The Morgan fingerprint density at radius 3 is 2.34 bits per heavy atom. The quantitative estimate of drug-likeness (QED) is 0.425. The third-order valence-corrected chi connectivity index (χ3v) is 4.96. The van der Waals surface area contributed by atoms with Crippen LogP contribution in [-0.2, 0) is 11.2 Å². The van der Waals surface area contributed by atoms with Gasteiger partial charge in [0.1, 0.15) is 11.5 Å². The summed E-state index contributed by atoms with van der Waals surface area (Å²) >= 11 is 0. The van der Waals surface area contributed by atoms with Gasteiger partial charge in [-0.25, -0.2) is 0 Å². The molecule has 0 radical (unpaired) electrons. The largest absolute Gasteiger partial charge is 0.497 e. The van der Waals surface area contributed by atoms with Crippen LogP contribution in [0.25, 0.3) is 22.5 Å². The highest BCUT2D eigenvalue weighted by molar-refractivity contribution is 5.92. The van der Waals surface area contributed by atoms with Gasteiger partial charge < -0.3 is 19.3 Å². The van der Waals surface area contributed by atoms with E-state index in [1.807, 2.05) is 42.5 Å². The summed E-state index contributed by atoms with van der Waals surface area (Å²) in [4.78, 5) is 16.8. The predicted octanol–water partition coefficient (Wildman–Crippen LogP) is 4.99. The zero-order valence-corrected chi connectivity index (χ0v) is 17.9. The van der Waals surface area contributed by atoms with Crippen molar-refractivity contribution < 1.29 is 18.8 Å². The summed E-state index contributed by atoms with van der Waals surface area (Å²) in [6, 6.07) is 23.3. The van der Waals surface area contributed by atoms with E-state index >= 15 is 0 Å². The van der Waals surface area contributed by atoms with Gasteiger partial charge >= 0.3 is 0 Å². The van der Waals surface area contributed by atoms with Crippen molar-refractivity contribution >= 4 is 11.6 Å². The Bertz CT molecular complexity index is 1190. The summed E-state index contributed by atoms with van der Waals surface area (Å²) < 4.78 is 15.8. The number of aryl methyl sites for hydroxylation is 1. The number of carbonyl (C=O) groups is 1. The summed E-state index contributed by atoms with van der Waals surface area (Å²) in [7, 11) is 3.11. The zero-order chi connectivity index (χ0) is 22.3. The molecule has 0 aliphatic heterocycles. The Balaban J connectivity index is 1.37. The molecule has 0 saturated carbocycles. The molecule has 3 aromatic carbocycles. The highest BCUT2D eigenvalue weighted by Crippen LogP contribution is 2.29. The summed E-state index contributed by atoms with van der Waals surface area (Å²) in [6.45, 7) is 0. The van der Waals surface area contributed by atoms with E-state index in [0.717, 1.165) is 16.7 Å². The second kappa shape index (κ2) is 9.78. The first-order valence-corrected chi connectivity index (χ1v) is 10.2. The summed E-state index contributed by atoms with van der Waals surface area (Å²) in [6.07, 6.45) is 0.516. The molecule has 4 aromatic rings. The summed E-state index contributed by atoms with van der Waals surface area (Å²) in [5.41, 5.74) is 3.65. The number of hydrogen-bond acceptors (Lipinski definition) is 6. The third kappa shape index (κ3) is 4.95. The number of amides is 1. The van der Waals surface area contributed by atoms with Crippen LogP contribution in [0.2, 0.25) is 0 Å². The number of aromatic nitrogens is 2. The molecule has 0 spiro atoms. The lowest BCUT2D eigenvalue weighted by Gasteiger charge is -2.11. The highest BCUT2D eigenvalue weighted by Gasteiger charge is 2.13. The van der Waals surface area contributed by atoms with E-state index in [1.165, 1.54) is 0 Å². The van der Waals surface area contributed by atoms with Gasteiger partial charge in [-0.2, -0.15) is 4.98 Å². The van der Waals surface area contributed by atoms with E-state index in [1.54, 1.807) is 32.4 Å². The fourth-order valence-corrected chi connectivity index (χ4v) is 3.26. The Labute approximate surface area is 186 Å². The van der Waals surface area contributed by atoms with Crippen LogP contribution in [0.5, 0.6) is 11.5 Å². The maximum absolute atomic E-state index is 12.4. The molecule has 0 saturated heterocycles. The van der Waals surface area contributed by atoms with Crippen LogP contribution in [0.1, 0.15) is 12.3 Å². The van der Waals surface area contributed by atoms with Gasteiger partial charge in [0.2, 0.25) is 17.6 Å². The normalized spacial score (nSPS) is 10.6. The van der Waals surface area contributed by atoms with Crippen molar-refractivity contribution in [3.63, 3.8) is 0 Å². The van der Waals surface area contributed by atoms with E-state index < -0.39 is 0 Å². The Kier molecular flexibility index (Phi) is 6.46. The molecule has 162 valence electrons. The molecule has 7 heteroatoms. The molecular weight excluding hydrogens is 406 g/mol. The van der Waals surface area contributed by atoms with Crippen LogP contribution in [0.3, 0.4) is 0 Å². The van der Waals surface area contributed by atoms with E-state index in [0.29, 0.717) is 35.3 Å². The Morgan fingerprint density at radius 2 is 1.62 bits per heavy atom. The molecular formula is C25H23N3O4. The van der Waals surface area contributed by atoms with E-state index in [2.05, 4.69) is 27.6 Å². The first-order valence-electron chi connectivity index (χ1n) is 10.2. The van der Waals surface area contributed by atoms with Crippen LogP contribution in [-0.4, -0.2) is 30.3 Å². The third-order valence-electron chi connectivity index (χ3n) is 4.96. The zero-order valence-electron chi connectivity index (χ0n) is 17.9. The smallest absolute Gasteiger partial charge is 0.227 e. The number of rotatable bonds is 8. The minimum atomic E-state index is -0.191. The number of anilines is 1. The van der Waals surface area contributed by atoms with Crippen LogP contribution in [0.4, 0.5) is 5.69 Å². The SMILES string of the molecule is COc1ccc(OC)c(NC(=O)CCc2nc(-c3ccc(-c4ccccc4)cc3)no2)c1. The number of carbonyl (C=O) groups excluding carboxylic acids is 1. The van der Waals surface area contributed by atoms with Gasteiger partial charge in [0.15, 0.2) is 0 Å². The van der Waals surface area contributed by atoms with Crippen molar-refractivity contribution in [3.8, 4) is 34.0 Å². The number of methoxy groups -OCH3 is 2. The van der Waals surface area contributed by atoms with E-state index in [9.17, 15) is 4.79 Å². The highest BCUT2D eigenvalue weighted by atomic mass is 16.5. The molecule has 0 unspecified atom stereocenters. The lowest BCUT2D eigenvalue weighted by molar-refractivity contribution is -0.116. The van der Waals surface area contributed by atoms with Crippen LogP contribution >= 0.6 is 0 Å². The van der Waals surface area contributed by atoms with Crippen molar-refractivity contribution in [2.24, 2.45) is 0 Å². The van der Waals surface area contributed by atoms with Crippen LogP contribution in [0, 0.1) is 0 Å². The molecule has 1 amide bonds. The Hall–Kier alpha value is -4.13. The number of hydrogen-bond donors (Lipinski definition) is 1. The molecule has 7 nitrogen and oxygen atoms in total.